The summed E-state index contributed by atoms with van der Waals surface area (Å²) in [6.07, 6.45) is 2.08. The van der Waals surface area contributed by atoms with Crippen LogP contribution in [0.1, 0.15) is 32.3 Å². The molecule has 1 atom stereocenters. The fourth-order valence-corrected chi connectivity index (χ4v) is 4.81. The number of hydrogen-bond acceptors (Lipinski definition) is 5. The van der Waals surface area contributed by atoms with Gasteiger partial charge in [-0.15, -0.1) is 0 Å². The largest absolute Gasteiger partial charge is 0.497 e. The molecule has 35 heavy (non-hydrogen) atoms. The minimum atomic E-state index is -3.84. The zero-order valence-corrected chi connectivity index (χ0v) is 22.6. The topological polar surface area (TPSA) is 96.0 Å². The number of nitrogens with one attached hydrogen (secondary N) is 1. The van der Waals surface area contributed by atoms with Crippen LogP contribution in [0.3, 0.4) is 0 Å². The molecule has 0 heterocycles. The Kier molecular flexibility index (Phi) is 10.7. The molecule has 1 N–H and O–H groups in total. The predicted molar refractivity (Wildman–Crippen MR) is 140 cm³/mol. The van der Waals surface area contributed by atoms with E-state index in [1.165, 1.54) is 18.1 Å². The third-order valence-electron chi connectivity index (χ3n) is 5.31. The van der Waals surface area contributed by atoms with E-state index in [0.717, 1.165) is 17.0 Å². The highest BCUT2D eigenvalue weighted by Gasteiger charge is 2.32. The lowest BCUT2D eigenvalue weighted by Crippen LogP contribution is -2.52. The Bertz CT molecular complexity index is 1140. The summed E-state index contributed by atoms with van der Waals surface area (Å²) in [7, 11) is -2.37. The van der Waals surface area contributed by atoms with Crippen molar-refractivity contribution in [2.75, 3.05) is 30.8 Å². The third kappa shape index (κ3) is 8.02. The summed E-state index contributed by atoms with van der Waals surface area (Å²) in [5, 5.41) is 3.60. The number of amides is 2. The van der Waals surface area contributed by atoms with E-state index in [1.807, 2.05) is 6.92 Å². The van der Waals surface area contributed by atoms with Crippen molar-refractivity contribution >= 4 is 50.7 Å². The van der Waals surface area contributed by atoms with Crippen LogP contribution in [0.15, 0.2) is 42.5 Å². The maximum atomic E-state index is 13.6. The third-order valence-corrected chi connectivity index (χ3v) is 7.04. The lowest BCUT2D eigenvalue weighted by Gasteiger charge is -2.33. The van der Waals surface area contributed by atoms with Gasteiger partial charge < -0.3 is 15.0 Å². The summed E-state index contributed by atoms with van der Waals surface area (Å²) in [4.78, 5) is 27.9. The van der Waals surface area contributed by atoms with Gasteiger partial charge >= 0.3 is 0 Å². The van der Waals surface area contributed by atoms with Crippen LogP contribution in [0.2, 0.25) is 10.0 Å². The molecule has 2 rings (SSSR count). The van der Waals surface area contributed by atoms with Gasteiger partial charge in [-0.3, -0.25) is 13.9 Å². The van der Waals surface area contributed by atoms with E-state index in [-0.39, 0.29) is 18.1 Å². The molecular formula is C24H31Cl2N3O5S. The Morgan fingerprint density at radius 1 is 1.11 bits per heavy atom. The molecule has 0 unspecified atom stereocenters. The summed E-state index contributed by atoms with van der Waals surface area (Å²) in [6.45, 7) is 3.67. The van der Waals surface area contributed by atoms with E-state index >= 15 is 0 Å². The molecule has 0 aliphatic carbocycles. The Morgan fingerprint density at radius 3 is 2.40 bits per heavy atom. The number of carbonyl (C=O) groups excluding carboxylic acids is 2. The number of sulfonamides is 1. The second-order valence-corrected chi connectivity index (χ2v) is 10.7. The van der Waals surface area contributed by atoms with E-state index in [0.29, 0.717) is 34.3 Å². The van der Waals surface area contributed by atoms with E-state index in [4.69, 9.17) is 27.9 Å². The molecule has 8 nitrogen and oxygen atoms in total. The van der Waals surface area contributed by atoms with Gasteiger partial charge in [0.25, 0.3) is 0 Å². The van der Waals surface area contributed by atoms with Crippen LogP contribution >= 0.6 is 23.2 Å². The van der Waals surface area contributed by atoms with E-state index in [2.05, 4.69) is 5.32 Å². The first kappa shape index (κ1) is 28.7. The minimum absolute atomic E-state index is 0.00258. The Morgan fingerprint density at radius 2 is 1.83 bits per heavy atom. The summed E-state index contributed by atoms with van der Waals surface area (Å²) >= 11 is 12.4. The van der Waals surface area contributed by atoms with E-state index in [9.17, 15) is 18.0 Å². The number of ether oxygens (including phenoxy) is 1. The second-order valence-electron chi connectivity index (χ2n) is 7.94. The SMILES string of the molecule is CCCNC(=O)[C@@H](CC)N(Cc1ccc(Cl)cc1Cl)C(=O)CN(c1cccc(OC)c1)S(C)(=O)=O. The highest BCUT2D eigenvalue weighted by atomic mass is 35.5. The molecular weight excluding hydrogens is 513 g/mol. The maximum Gasteiger partial charge on any atom is 0.244 e. The van der Waals surface area contributed by atoms with Crippen LogP contribution in [0.4, 0.5) is 5.69 Å². The zero-order chi connectivity index (χ0) is 26.2. The Balaban J connectivity index is 2.47. The highest BCUT2D eigenvalue weighted by molar-refractivity contribution is 7.92. The molecule has 2 aromatic rings. The average molecular weight is 545 g/mol. The molecule has 192 valence electrons. The van der Waals surface area contributed by atoms with Gasteiger partial charge in [-0.25, -0.2) is 8.42 Å². The summed E-state index contributed by atoms with van der Waals surface area (Å²) in [6, 6.07) is 10.5. The van der Waals surface area contributed by atoms with E-state index in [1.54, 1.807) is 43.3 Å². The zero-order valence-electron chi connectivity index (χ0n) is 20.3. The number of hydrogen-bond donors (Lipinski definition) is 1. The first-order valence-corrected chi connectivity index (χ1v) is 13.7. The van der Waals surface area contributed by atoms with Crippen molar-refractivity contribution in [2.24, 2.45) is 0 Å². The van der Waals surface area contributed by atoms with Crippen molar-refractivity contribution in [2.45, 2.75) is 39.3 Å². The molecule has 0 aliphatic rings. The molecule has 0 fully saturated rings. The molecule has 0 radical (unpaired) electrons. The van der Waals surface area contributed by atoms with Crippen molar-refractivity contribution in [3.8, 4) is 5.75 Å². The normalized spacial score (nSPS) is 12.1. The van der Waals surface area contributed by atoms with Crippen molar-refractivity contribution in [1.29, 1.82) is 0 Å². The van der Waals surface area contributed by atoms with Gasteiger partial charge in [0.05, 0.1) is 19.1 Å². The molecule has 0 spiro atoms. The van der Waals surface area contributed by atoms with Gasteiger partial charge in [-0.05, 0) is 42.7 Å². The fraction of sp³-hybridized carbons (Fsp3) is 0.417. The van der Waals surface area contributed by atoms with Gasteiger partial charge in [-0.1, -0.05) is 49.2 Å². The van der Waals surface area contributed by atoms with Crippen LogP contribution in [0.25, 0.3) is 0 Å². The lowest BCUT2D eigenvalue weighted by molar-refractivity contribution is -0.140. The van der Waals surface area contributed by atoms with Crippen molar-refractivity contribution < 1.29 is 22.7 Å². The molecule has 0 saturated carbocycles. The van der Waals surface area contributed by atoms with Crippen LogP contribution in [0, 0.1) is 0 Å². The second kappa shape index (κ2) is 13.0. The first-order chi connectivity index (χ1) is 16.5. The smallest absolute Gasteiger partial charge is 0.244 e. The quantitative estimate of drug-likeness (QED) is 0.434. The van der Waals surface area contributed by atoms with Gasteiger partial charge in [0.15, 0.2) is 0 Å². The molecule has 0 aliphatic heterocycles. The molecule has 0 aromatic heterocycles. The molecule has 2 aromatic carbocycles. The first-order valence-electron chi connectivity index (χ1n) is 11.1. The van der Waals surface area contributed by atoms with Gasteiger partial charge in [0, 0.05) is 29.2 Å². The Hall–Kier alpha value is -2.49. The predicted octanol–water partition coefficient (Wildman–Crippen LogP) is 4.10. The standard InChI is InChI=1S/C24H31Cl2N3O5S/c1-5-12-27-24(31)22(6-2)28(15-17-10-11-18(25)13-21(17)26)23(30)16-29(35(4,32)33)19-8-7-9-20(14-19)34-3/h7-11,13-14,22H,5-6,12,15-16H2,1-4H3,(H,27,31)/t22-/m1/s1. The highest BCUT2D eigenvalue weighted by Crippen LogP contribution is 2.26. The number of carbonyl (C=O) groups is 2. The van der Waals surface area contributed by atoms with Crippen molar-refractivity contribution in [3.63, 3.8) is 0 Å². The Labute approximate surface area is 217 Å². The molecule has 0 saturated heterocycles. The van der Waals surface area contributed by atoms with Gasteiger partial charge in [-0.2, -0.15) is 0 Å². The maximum absolute atomic E-state index is 13.6. The van der Waals surface area contributed by atoms with Crippen LogP contribution in [-0.4, -0.2) is 57.6 Å². The summed E-state index contributed by atoms with van der Waals surface area (Å²) in [5.41, 5.74) is 0.853. The lowest BCUT2D eigenvalue weighted by atomic mass is 10.1. The monoisotopic (exact) mass is 543 g/mol. The average Bonchev–Trinajstić information content (AvgIpc) is 2.81. The number of benzene rings is 2. The number of nitrogens with zero attached hydrogens (tertiary/aromatic N) is 2. The van der Waals surface area contributed by atoms with Gasteiger partial charge in [0.2, 0.25) is 21.8 Å². The van der Waals surface area contributed by atoms with Crippen LogP contribution in [-0.2, 0) is 26.2 Å². The molecule has 2 amide bonds. The van der Waals surface area contributed by atoms with Crippen molar-refractivity contribution in [1.82, 2.24) is 10.2 Å². The van der Waals surface area contributed by atoms with Gasteiger partial charge in [0.1, 0.15) is 18.3 Å². The number of anilines is 1. The fourth-order valence-electron chi connectivity index (χ4n) is 3.50. The number of methoxy groups -OCH3 is 1. The van der Waals surface area contributed by atoms with E-state index < -0.39 is 28.5 Å². The van der Waals surface area contributed by atoms with Crippen molar-refractivity contribution in [3.05, 3.63) is 58.1 Å². The van der Waals surface area contributed by atoms with Crippen LogP contribution < -0.4 is 14.4 Å². The summed E-state index contributed by atoms with van der Waals surface area (Å²) < 4.78 is 31.5. The molecule has 0 bridgehead atoms. The number of rotatable bonds is 12. The molecule has 11 heteroatoms. The van der Waals surface area contributed by atoms with Crippen LogP contribution in [0.5, 0.6) is 5.75 Å². The summed E-state index contributed by atoms with van der Waals surface area (Å²) in [5.74, 6) is -0.429. The number of halogens is 2. The minimum Gasteiger partial charge on any atom is -0.497 e.